The molecule has 0 unspecified atom stereocenters. The van der Waals surface area contributed by atoms with Gasteiger partial charge in [0.05, 0.1) is 17.1 Å². The number of primary sulfonamides is 1. The molecule has 11 heteroatoms. The van der Waals surface area contributed by atoms with E-state index in [1.54, 1.807) is 0 Å². The van der Waals surface area contributed by atoms with Gasteiger partial charge in [0.1, 0.15) is 16.4 Å². The van der Waals surface area contributed by atoms with Gasteiger partial charge in [0.2, 0.25) is 16.4 Å². The van der Waals surface area contributed by atoms with E-state index in [9.17, 15) is 30.4 Å². The Balaban J connectivity index is 1.93. The number of nitrogens with two attached hydrogens (primary N) is 1. The SMILES string of the molecule is Cc1ccc(C#Cc2ccc(C(=O)CS(=O)(=O)c3ccccc3S(N)(=O)=O)cc2OCCC(F)F)cc1. The highest BCUT2D eigenvalue weighted by Gasteiger charge is 2.27. The first-order chi connectivity index (χ1) is 17.4. The molecule has 0 spiro atoms. The Hall–Kier alpha value is -3.59. The predicted octanol–water partition coefficient (Wildman–Crippen LogP) is 3.73. The van der Waals surface area contributed by atoms with Crippen LogP contribution in [0.2, 0.25) is 0 Å². The zero-order chi connectivity index (χ0) is 27.2. The maximum absolute atomic E-state index is 12.9. The molecule has 2 N–H and O–H groups in total. The number of halogens is 2. The standard InChI is InChI=1S/C26H23F2NO6S2/c1-18-6-8-19(9-7-18)10-11-20-12-13-21(16-23(20)35-15-14-26(27)28)22(30)17-36(31,32)24-4-2-3-5-25(24)37(29,33)34/h2-9,12-13,16,26H,14-15,17H2,1H3,(H2,29,33,34). The third-order valence-corrected chi connectivity index (χ3v) is 7.87. The Morgan fingerprint density at radius 3 is 2.22 bits per heavy atom. The van der Waals surface area contributed by atoms with E-state index >= 15 is 0 Å². The molecule has 3 aromatic rings. The molecule has 0 saturated carbocycles. The zero-order valence-corrected chi connectivity index (χ0v) is 21.3. The van der Waals surface area contributed by atoms with Crippen LogP contribution in [0, 0.1) is 18.8 Å². The molecule has 0 aliphatic carbocycles. The van der Waals surface area contributed by atoms with Crippen molar-refractivity contribution in [2.45, 2.75) is 29.6 Å². The molecule has 37 heavy (non-hydrogen) atoms. The number of sulfonamides is 1. The van der Waals surface area contributed by atoms with Crippen LogP contribution in [-0.4, -0.2) is 41.4 Å². The van der Waals surface area contributed by atoms with Gasteiger partial charge in [-0.15, -0.1) is 0 Å². The summed E-state index contributed by atoms with van der Waals surface area (Å²) in [6.45, 7) is 1.57. The van der Waals surface area contributed by atoms with Gasteiger partial charge in [-0.05, 0) is 49.4 Å². The van der Waals surface area contributed by atoms with Gasteiger partial charge in [0.15, 0.2) is 15.6 Å². The van der Waals surface area contributed by atoms with Gasteiger partial charge in [0, 0.05) is 17.5 Å². The second-order valence-electron chi connectivity index (χ2n) is 8.03. The number of alkyl halides is 2. The Kier molecular flexibility index (Phi) is 8.81. The van der Waals surface area contributed by atoms with Crippen molar-refractivity contribution in [3.63, 3.8) is 0 Å². The molecule has 194 valence electrons. The number of carbonyl (C=O) groups is 1. The number of rotatable bonds is 9. The topological polar surface area (TPSA) is 121 Å². The number of hydrogen-bond acceptors (Lipinski definition) is 6. The molecule has 7 nitrogen and oxygen atoms in total. The highest BCUT2D eigenvalue weighted by Crippen LogP contribution is 2.24. The first-order valence-electron chi connectivity index (χ1n) is 10.9. The van der Waals surface area contributed by atoms with Crippen LogP contribution in [0.15, 0.2) is 76.5 Å². The summed E-state index contributed by atoms with van der Waals surface area (Å²) < 4.78 is 80.1. The molecule has 0 bridgehead atoms. The predicted molar refractivity (Wildman–Crippen MR) is 134 cm³/mol. The van der Waals surface area contributed by atoms with Crippen molar-refractivity contribution < 1.29 is 35.1 Å². The van der Waals surface area contributed by atoms with Crippen LogP contribution in [0.25, 0.3) is 0 Å². The number of ether oxygens (including phenoxy) is 1. The van der Waals surface area contributed by atoms with Crippen molar-refractivity contribution in [3.05, 3.63) is 89.0 Å². The number of benzene rings is 3. The first-order valence-corrected chi connectivity index (χ1v) is 14.1. The van der Waals surface area contributed by atoms with Crippen LogP contribution in [0.5, 0.6) is 5.75 Å². The normalized spacial score (nSPS) is 11.6. The van der Waals surface area contributed by atoms with Gasteiger partial charge in [-0.1, -0.05) is 41.7 Å². The van der Waals surface area contributed by atoms with E-state index in [-0.39, 0.29) is 17.9 Å². The molecular formula is C26H23F2NO6S2. The van der Waals surface area contributed by atoms with E-state index < -0.39 is 54.0 Å². The molecule has 0 aromatic heterocycles. The second-order valence-corrected chi connectivity index (χ2v) is 11.5. The number of aryl methyl sites for hydroxylation is 1. The average molecular weight is 548 g/mol. The Morgan fingerprint density at radius 1 is 0.946 bits per heavy atom. The zero-order valence-electron chi connectivity index (χ0n) is 19.6. The van der Waals surface area contributed by atoms with Crippen LogP contribution in [0.1, 0.15) is 33.5 Å². The highest BCUT2D eigenvalue weighted by atomic mass is 32.2. The summed E-state index contributed by atoms with van der Waals surface area (Å²) in [7, 11) is -8.76. The highest BCUT2D eigenvalue weighted by molar-refractivity contribution is 7.94. The van der Waals surface area contributed by atoms with Gasteiger partial charge < -0.3 is 4.74 Å². The monoisotopic (exact) mass is 547 g/mol. The molecule has 0 atom stereocenters. The molecule has 3 rings (SSSR count). The van der Waals surface area contributed by atoms with Crippen molar-refractivity contribution in [3.8, 4) is 17.6 Å². The summed E-state index contributed by atoms with van der Waals surface area (Å²) in [6.07, 6.45) is -3.15. The first kappa shape index (κ1) is 28.0. The smallest absolute Gasteiger partial charge is 0.241 e. The Morgan fingerprint density at radius 2 is 1.59 bits per heavy atom. The van der Waals surface area contributed by atoms with Gasteiger partial charge in [0.25, 0.3) is 0 Å². The van der Waals surface area contributed by atoms with Gasteiger partial charge in [-0.3, -0.25) is 4.79 Å². The fraction of sp³-hybridized carbons (Fsp3) is 0.192. The summed E-state index contributed by atoms with van der Waals surface area (Å²) in [4.78, 5) is 11.7. The summed E-state index contributed by atoms with van der Waals surface area (Å²) >= 11 is 0. The van der Waals surface area contributed by atoms with Crippen LogP contribution in [0.4, 0.5) is 8.78 Å². The molecule has 0 radical (unpaired) electrons. The Labute approximate surface area is 214 Å². The fourth-order valence-electron chi connectivity index (χ4n) is 3.23. The summed E-state index contributed by atoms with van der Waals surface area (Å²) in [5.74, 6) is 3.93. The maximum atomic E-state index is 12.9. The van der Waals surface area contributed by atoms with E-state index in [1.807, 2.05) is 31.2 Å². The number of Topliss-reactive ketones (excluding diaryl/α,β-unsaturated/α-hetero) is 1. The van der Waals surface area contributed by atoms with E-state index in [2.05, 4.69) is 11.8 Å². The molecular weight excluding hydrogens is 524 g/mol. The van der Waals surface area contributed by atoms with Crippen molar-refractivity contribution in [1.82, 2.24) is 0 Å². The lowest BCUT2D eigenvalue weighted by molar-refractivity contribution is 0.101. The number of carbonyl (C=O) groups excluding carboxylic acids is 1. The third kappa shape index (κ3) is 7.69. The fourth-order valence-corrected chi connectivity index (χ4v) is 5.90. The lowest BCUT2D eigenvalue weighted by Crippen LogP contribution is -2.21. The lowest BCUT2D eigenvalue weighted by atomic mass is 10.1. The number of ketones is 1. The quantitative estimate of drug-likeness (QED) is 0.322. The molecule has 0 aliphatic rings. The van der Waals surface area contributed by atoms with Crippen LogP contribution in [0.3, 0.4) is 0 Å². The third-order valence-electron chi connectivity index (χ3n) is 5.10. The molecule has 0 fully saturated rings. The van der Waals surface area contributed by atoms with E-state index in [0.29, 0.717) is 11.1 Å². The minimum Gasteiger partial charge on any atom is -0.492 e. The summed E-state index contributed by atoms with van der Waals surface area (Å²) in [6, 6.07) is 16.1. The van der Waals surface area contributed by atoms with Crippen LogP contribution < -0.4 is 9.88 Å². The average Bonchev–Trinajstić information content (AvgIpc) is 2.83. The van der Waals surface area contributed by atoms with Gasteiger partial charge in [-0.25, -0.2) is 30.8 Å². The van der Waals surface area contributed by atoms with Crippen molar-refractivity contribution in [1.29, 1.82) is 0 Å². The van der Waals surface area contributed by atoms with E-state index in [1.165, 1.54) is 30.3 Å². The molecule has 0 heterocycles. The minimum atomic E-state index is -4.40. The van der Waals surface area contributed by atoms with Crippen LogP contribution >= 0.6 is 0 Å². The van der Waals surface area contributed by atoms with Gasteiger partial charge >= 0.3 is 0 Å². The van der Waals surface area contributed by atoms with Crippen LogP contribution in [-0.2, 0) is 19.9 Å². The molecule has 0 saturated heterocycles. The van der Waals surface area contributed by atoms with Crippen molar-refractivity contribution in [2.75, 3.05) is 12.4 Å². The van der Waals surface area contributed by atoms with Crippen molar-refractivity contribution in [2.24, 2.45) is 5.14 Å². The Bertz CT molecular complexity index is 1570. The van der Waals surface area contributed by atoms with Crippen molar-refractivity contribution >= 4 is 25.6 Å². The van der Waals surface area contributed by atoms with E-state index in [0.717, 1.165) is 17.7 Å². The molecule has 3 aromatic carbocycles. The molecule has 0 aliphatic heterocycles. The minimum absolute atomic E-state index is 0.0356. The molecule has 0 amide bonds. The van der Waals surface area contributed by atoms with Gasteiger partial charge in [-0.2, -0.15) is 0 Å². The number of hydrogen-bond donors (Lipinski definition) is 1. The maximum Gasteiger partial charge on any atom is 0.241 e. The van der Waals surface area contributed by atoms with E-state index in [4.69, 9.17) is 9.88 Å². The second kappa shape index (κ2) is 11.6. The summed E-state index contributed by atoms with van der Waals surface area (Å²) in [5, 5.41) is 5.12. The largest absolute Gasteiger partial charge is 0.492 e. The summed E-state index contributed by atoms with van der Waals surface area (Å²) in [5.41, 5.74) is 1.98. The lowest BCUT2D eigenvalue weighted by Gasteiger charge is -2.11. The number of sulfone groups is 1.